The number of Topliss-reactive ketones (excluding diaryl/α,β-unsaturated/α-hetero) is 1. The molecule has 0 saturated heterocycles. The Balaban J connectivity index is 4.08. The third-order valence-corrected chi connectivity index (χ3v) is 1.76. The minimum absolute atomic E-state index is 0.560. The van der Waals surface area contributed by atoms with Crippen LogP contribution >= 0.6 is 0 Å². The number of rotatable bonds is 5. The third-order valence-electron chi connectivity index (χ3n) is 1.76. The van der Waals surface area contributed by atoms with E-state index in [9.17, 15) is 4.79 Å². The molecule has 0 aliphatic carbocycles. The summed E-state index contributed by atoms with van der Waals surface area (Å²) in [6, 6.07) is 0. The van der Waals surface area contributed by atoms with Crippen LogP contribution in [-0.2, 0) is 4.79 Å². The van der Waals surface area contributed by atoms with Crippen molar-refractivity contribution in [1.29, 1.82) is 0 Å². The van der Waals surface area contributed by atoms with Gasteiger partial charge >= 0.3 is 0 Å². The number of hydrogen-bond acceptors (Lipinski definition) is 5. The van der Waals surface area contributed by atoms with Gasteiger partial charge in [0.05, 0.1) is 12.7 Å². The molecule has 0 spiro atoms. The highest BCUT2D eigenvalue weighted by atomic mass is 16.4. The molecular weight excluding hydrogens is 164 g/mol. The standard InChI is InChI=1S/C7H14O5/c1-4(5(10)2-8)7(12)6(11)3-9/h4,6-9,11-12H,2-3H2,1H3. The summed E-state index contributed by atoms with van der Waals surface area (Å²) >= 11 is 0. The minimum atomic E-state index is -1.34. The molecule has 12 heavy (non-hydrogen) atoms. The summed E-state index contributed by atoms with van der Waals surface area (Å²) in [5.74, 6) is -1.42. The van der Waals surface area contributed by atoms with Crippen LogP contribution in [0.2, 0.25) is 0 Å². The van der Waals surface area contributed by atoms with E-state index in [1.165, 1.54) is 6.92 Å². The first-order chi connectivity index (χ1) is 5.54. The Labute approximate surface area is 70.3 Å². The van der Waals surface area contributed by atoms with Crippen LogP contribution in [-0.4, -0.2) is 51.6 Å². The predicted molar refractivity (Wildman–Crippen MR) is 40.4 cm³/mol. The van der Waals surface area contributed by atoms with Crippen LogP contribution in [0.5, 0.6) is 0 Å². The lowest BCUT2D eigenvalue weighted by Gasteiger charge is -2.20. The second-order valence-corrected chi connectivity index (χ2v) is 2.65. The highest BCUT2D eigenvalue weighted by Gasteiger charge is 2.26. The number of aliphatic hydroxyl groups is 4. The molecule has 5 nitrogen and oxygen atoms in total. The number of ketones is 1. The number of hydrogen-bond donors (Lipinski definition) is 4. The second kappa shape index (κ2) is 5.21. The molecule has 3 atom stereocenters. The van der Waals surface area contributed by atoms with Crippen molar-refractivity contribution < 1.29 is 25.2 Å². The molecule has 0 aliphatic heterocycles. The van der Waals surface area contributed by atoms with E-state index in [1.807, 2.05) is 0 Å². The molecule has 0 bridgehead atoms. The van der Waals surface area contributed by atoms with Crippen molar-refractivity contribution in [2.45, 2.75) is 19.1 Å². The van der Waals surface area contributed by atoms with Crippen molar-refractivity contribution in [3.05, 3.63) is 0 Å². The minimum Gasteiger partial charge on any atom is -0.394 e. The number of aliphatic hydroxyl groups excluding tert-OH is 4. The Morgan fingerprint density at radius 2 is 1.83 bits per heavy atom. The zero-order valence-electron chi connectivity index (χ0n) is 6.84. The predicted octanol–water partition coefficient (Wildman–Crippen LogP) is -2.10. The van der Waals surface area contributed by atoms with Gasteiger partial charge in [0.2, 0.25) is 0 Å². The first-order valence-electron chi connectivity index (χ1n) is 3.65. The molecule has 0 aromatic carbocycles. The molecular formula is C7H14O5. The smallest absolute Gasteiger partial charge is 0.163 e. The molecule has 0 aromatic heterocycles. The molecule has 4 N–H and O–H groups in total. The topological polar surface area (TPSA) is 98.0 Å². The molecule has 5 heteroatoms. The van der Waals surface area contributed by atoms with Crippen molar-refractivity contribution in [3.8, 4) is 0 Å². The van der Waals surface area contributed by atoms with E-state index in [-0.39, 0.29) is 0 Å². The molecule has 0 rings (SSSR count). The van der Waals surface area contributed by atoms with Gasteiger partial charge in [0.25, 0.3) is 0 Å². The van der Waals surface area contributed by atoms with Gasteiger partial charge in [-0.05, 0) is 0 Å². The normalized spacial score (nSPS) is 18.4. The van der Waals surface area contributed by atoms with Gasteiger partial charge in [-0.15, -0.1) is 0 Å². The average Bonchev–Trinajstić information content (AvgIpc) is 2.12. The first kappa shape index (κ1) is 11.5. The van der Waals surface area contributed by atoms with Gasteiger partial charge < -0.3 is 20.4 Å². The molecule has 0 saturated carbocycles. The van der Waals surface area contributed by atoms with Crippen LogP contribution in [0.3, 0.4) is 0 Å². The van der Waals surface area contributed by atoms with E-state index >= 15 is 0 Å². The van der Waals surface area contributed by atoms with E-state index in [1.54, 1.807) is 0 Å². The summed E-state index contributed by atoms with van der Waals surface area (Å²) in [5, 5.41) is 34.9. The molecule has 0 aromatic rings. The van der Waals surface area contributed by atoms with Gasteiger partial charge in [-0.25, -0.2) is 0 Å². The maximum Gasteiger partial charge on any atom is 0.163 e. The lowest BCUT2D eigenvalue weighted by atomic mass is 9.96. The summed E-state index contributed by atoms with van der Waals surface area (Å²) in [6.45, 7) is 0.0999. The summed E-state index contributed by atoms with van der Waals surface area (Å²) in [6.07, 6.45) is -2.66. The highest BCUT2D eigenvalue weighted by molar-refractivity contribution is 5.82. The Bertz CT molecular complexity index is 147. The molecule has 0 amide bonds. The summed E-state index contributed by atoms with van der Waals surface area (Å²) < 4.78 is 0. The zero-order chi connectivity index (χ0) is 9.72. The van der Waals surface area contributed by atoms with Crippen LogP contribution in [0.15, 0.2) is 0 Å². The van der Waals surface area contributed by atoms with Crippen molar-refractivity contribution in [2.24, 2.45) is 5.92 Å². The van der Waals surface area contributed by atoms with Crippen molar-refractivity contribution in [2.75, 3.05) is 13.2 Å². The van der Waals surface area contributed by atoms with Crippen molar-refractivity contribution in [3.63, 3.8) is 0 Å². The van der Waals surface area contributed by atoms with Crippen molar-refractivity contribution >= 4 is 5.78 Å². The molecule has 3 unspecified atom stereocenters. The van der Waals surface area contributed by atoms with Crippen LogP contribution < -0.4 is 0 Å². The molecule has 0 fully saturated rings. The molecule has 0 radical (unpaired) electrons. The summed E-state index contributed by atoms with van der Waals surface area (Å²) in [7, 11) is 0. The van der Waals surface area contributed by atoms with Crippen LogP contribution in [0.4, 0.5) is 0 Å². The Morgan fingerprint density at radius 3 is 2.17 bits per heavy atom. The Kier molecular flexibility index (Phi) is 5.00. The maximum atomic E-state index is 10.8. The molecule has 72 valence electrons. The van der Waals surface area contributed by atoms with Gasteiger partial charge in [-0.2, -0.15) is 0 Å². The SMILES string of the molecule is CC(C(=O)CO)C(O)C(O)CO. The summed E-state index contributed by atoms with van der Waals surface area (Å²) in [5.41, 5.74) is 0. The van der Waals surface area contributed by atoms with E-state index in [0.717, 1.165) is 0 Å². The first-order valence-corrected chi connectivity index (χ1v) is 3.65. The van der Waals surface area contributed by atoms with E-state index in [0.29, 0.717) is 0 Å². The van der Waals surface area contributed by atoms with E-state index in [4.69, 9.17) is 20.4 Å². The average molecular weight is 178 g/mol. The summed E-state index contributed by atoms with van der Waals surface area (Å²) in [4.78, 5) is 10.8. The quantitative estimate of drug-likeness (QED) is 0.386. The Hall–Kier alpha value is -0.490. The zero-order valence-corrected chi connectivity index (χ0v) is 6.84. The van der Waals surface area contributed by atoms with Crippen LogP contribution in [0.25, 0.3) is 0 Å². The number of carbonyl (C=O) groups excluding carboxylic acids is 1. The van der Waals surface area contributed by atoms with Gasteiger partial charge in [-0.3, -0.25) is 4.79 Å². The maximum absolute atomic E-state index is 10.8. The number of carbonyl (C=O) groups is 1. The molecule has 0 aliphatic rings. The largest absolute Gasteiger partial charge is 0.394 e. The lowest BCUT2D eigenvalue weighted by molar-refractivity contribution is -0.132. The van der Waals surface area contributed by atoms with E-state index in [2.05, 4.69) is 0 Å². The monoisotopic (exact) mass is 178 g/mol. The molecule has 0 heterocycles. The van der Waals surface area contributed by atoms with Crippen molar-refractivity contribution in [1.82, 2.24) is 0 Å². The fraction of sp³-hybridized carbons (Fsp3) is 0.857. The van der Waals surface area contributed by atoms with Crippen LogP contribution in [0, 0.1) is 5.92 Å². The second-order valence-electron chi connectivity index (χ2n) is 2.65. The van der Waals surface area contributed by atoms with Gasteiger partial charge in [0.15, 0.2) is 5.78 Å². The fourth-order valence-electron chi connectivity index (χ4n) is 0.776. The van der Waals surface area contributed by atoms with Gasteiger partial charge in [0, 0.05) is 5.92 Å². The highest BCUT2D eigenvalue weighted by Crippen LogP contribution is 2.08. The third kappa shape index (κ3) is 2.86. The van der Waals surface area contributed by atoms with E-state index < -0.39 is 37.1 Å². The lowest BCUT2D eigenvalue weighted by Crippen LogP contribution is -2.39. The fourth-order valence-corrected chi connectivity index (χ4v) is 0.776. The van der Waals surface area contributed by atoms with Gasteiger partial charge in [-0.1, -0.05) is 6.92 Å². The Morgan fingerprint density at radius 1 is 1.33 bits per heavy atom. The van der Waals surface area contributed by atoms with Crippen LogP contribution in [0.1, 0.15) is 6.92 Å². The van der Waals surface area contributed by atoms with Gasteiger partial charge in [0.1, 0.15) is 12.7 Å².